The molecule has 1 saturated carbocycles. The van der Waals surface area contributed by atoms with Gasteiger partial charge in [0, 0.05) is 17.7 Å². The molecule has 2 N–H and O–H groups in total. The van der Waals surface area contributed by atoms with Crippen molar-refractivity contribution in [1.82, 2.24) is 15.2 Å². The molecule has 1 fully saturated rings. The lowest BCUT2D eigenvalue weighted by molar-refractivity contribution is 0.591. The van der Waals surface area contributed by atoms with E-state index >= 15 is 0 Å². The van der Waals surface area contributed by atoms with Crippen molar-refractivity contribution in [3.63, 3.8) is 0 Å². The molecular weight excluding hydrogens is 262 g/mol. The van der Waals surface area contributed by atoms with Crippen LogP contribution in [-0.4, -0.2) is 15.2 Å². The number of aromatic nitrogens is 3. The summed E-state index contributed by atoms with van der Waals surface area (Å²) in [6.45, 7) is 4.19. The molecule has 2 aromatic rings. The first kappa shape index (κ1) is 13.6. The van der Waals surface area contributed by atoms with E-state index in [1.165, 1.54) is 25.0 Å². The van der Waals surface area contributed by atoms with E-state index in [0.29, 0.717) is 11.6 Å². The third kappa shape index (κ3) is 2.89. The first-order valence-corrected chi connectivity index (χ1v) is 7.36. The zero-order chi connectivity index (χ0) is 14.8. The van der Waals surface area contributed by atoms with E-state index in [9.17, 15) is 0 Å². The van der Waals surface area contributed by atoms with Crippen LogP contribution in [0.1, 0.15) is 49.2 Å². The van der Waals surface area contributed by atoms with Crippen LogP contribution in [0, 0.1) is 24.2 Å². The first-order valence-electron chi connectivity index (χ1n) is 7.36. The second-order valence-electron chi connectivity index (χ2n) is 5.89. The van der Waals surface area contributed by atoms with Gasteiger partial charge in [-0.05, 0) is 37.8 Å². The van der Waals surface area contributed by atoms with Crippen LogP contribution in [0.3, 0.4) is 0 Å². The summed E-state index contributed by atoms with van der Waals surface area (Å²) in [5, 5.41) is 19.6. The lowest BCUT2D eigenvalue weighted by Gasteiger charge is -2.06. The Labute approximate surface area is 124 Å². The van der Waals surface area contributed by atoms with Gasteiger partial charge in [-0.25, -0.2) is 4.98 Å². The van der Waals surface area contributed by atoms with Crippen LogP contribution in [0.15, 0.2) is 18.2 Å². The summed E-state index contributed by atoms with van der Waals surface area (Å²) < 4.78 is 0. The standard InChI is InChI=1S/C16H19N5/c1-10-3-4-12(7-10)15-8-16(21-20-15)19-14-6-5-13(9-17)18-11(14)2/h5-6,8,10,12H,3-4,7H2,1-2H3,(H2,19,20,21). The maximum Gasteiger partial charge on any atom is 0.152 e. The SMILES string of the molecule is Cc1nc(C#N)ccc1Nc1cc(C2CCC(C)C2)[nH]n1. The van der Waals surface area contributed by atoms with Gasteiger partial charge in [-0.1, -0.05) is 13.3 Å². The predicted octanol–water partition coefficient (Wildman–Crippen LogP) is 3.63. The van der Waals surface area contributed by atoms with Crippen molar-refractivity contribution >= 4 is 11.5 Å². The van der Waals surface area contributed by atoms with E-state index in [-0.39, 0.29) is 0 Å². The number of anilines is 2. The Bertz CT molecular complexity index is 682. The van der Waals surface area contributed by atoms with E-state index in [1.54, 1.807) is 6.07 Å². The molecule has 1 aliphatic carbocycles. The molecule has 2 heterocycles. The van der Waals surface area contributed by atoms with Gasteiger partial charge in [0.1, 0.15) is 11.8 Å². The highest BCUT2D eigenvalue weighted by molar-refractivity contribution is 5.59. The highest BCUT2D eigenvalue weighted by atomic mass is 15.2. The summed E-state index contributed by atoms with van der Waals surface area (Å²) in [6, 6.07) is 7.70. The summed E-state index contributed by atoms with van der Waals surface area (Å²) in [6.07, 6.45) is 3.77. The number of pyridine rings is 1. The number of hydrogen-bond acceptors (Lipinski definition) is 4. The lowest BCUT2D eigenvalue weighted by atomic mass is 10.0. The van der Waals surface area contributed by atoms with E-state index in [0.717, 1.165) is 23.1 Å². The summed E-state index contributed by atoms with van der Waals surface area (Å²) >= 11 is 0. The van der Waals surface area contributed by atoms with Gasteiger partial charge in [-0.3, -0.25) is 5.10 Å². The Morgan fingerprint density at radius 3 is 2.90 bits per heavy atom. The molecule has 108 valence electrons. The van der Waals surface area contributed by atoms with Crippen LogP contribution < -0.4 is 5.32 Å². The molecule has 5 nitrogen and oxygen atoms in total. The highest BCUT2D eigenvalue weighted by Crippen LogP contribution is 2.37. The topological polar surface area (TPSA) is 77.4 Å². The summed E-state index contributed by atoms with van der Waals surface area (Å²) in [7, 11) is 0. The number of nitriles is 1. The number of rotatable bonds is 3. The Hall–Kier alpha value is -2.35. The van der Waals surface area contributed by atoms with Crippen LogP contribution in [0.25, 0.3) is 0 Å². The van der Waals surface area contributed by atoms with Crippen molar-refractivity contribution in [2.45, 2.75) is 39.0 Å². The van der Waals surface area contributed by atoms with Gasteiger partial charge in [0.2, 0.25) is 0 Å². The Balaban J connectivity index is 1.74. The molecule has 0 spiro atoms. The second-order valence-corrected chi connectivity index (χ2v) is 5.89. The van der Waals surface area contributed by atoms with Gasteiger partial charge < -0.3 is 5.32 Å². The van der Waals surface area contributed by atoms with Gasteiger partial charge in [0.25, 0.3) is 0 Å². The number of H-pyrrole nitrogens is 1. The normalized spacial score (nSPS) is 21.2. The number of hydrogen-bond donors (Lipinski definition) is 2. The molecule has 0 saturated heterocycles. The zero-order valence-corrected chi connectivity index (χ0v) is 12.3. The van der Waals surface area contributed by atoms with E-state index in [2.05, 4.69) is 33.5 Å². The molecule has 2 atom stereocenters. The monoisotopic (exact) mass is 281 g/mol. The van der Waals surface area contributed by atoms with E-state index in [1.807, 2.05) is 19.1 Å². The van der Waals surface area contributed by atoms with Gasteiger partial charge in [-0.2, -0.15) is 10.4 Å². The van der Waals surface area contributed by atoms with Crippen molar-refractivity contribution in [2.75, 3.05) is 5.32 Å². The van der Waals surface area contributed by atoms with Crippen LogP contribution in [-0.2, 0) is 0 Å². The maximum atomic E-state index is 8.84. The van der Waals surface area contributed by atoms with Gasteiger partial charge >= 0.3 is 0 Å². The van der Waals surface area contributed by atoms with Gasteiger partial charge in [0.05, 0.1) is 11.4 Å². The minimum atomic E-state index is 0.431. The van der Waals surface area contributed by atoms with E-state index < -0.39 is 0 Å². The van der Waals surface area contributed by atoms with Crippen molar-refractivity contribution < 1.29 is 0 Å². The molecule has 0 aromatic carbocycles. The Morgan fingerprint density at radius 2 is 2.24 bits per heavy atom. The molecule has 21 heavy (non-hydrogen) atoms. The minimum absolute atomic E-state index is 0.431. The predicted molar refractivity (Wildman–Crippen MR) is 81.3 cm³/mol. The molecule has 0 bridgehead atoms. The number of aromatic amines is 1. The fraction of sp³-hybridized carbons (Fsp3) is 0.438. The van der Waals surface area contributed by atoms with Crippen molar-refractivity contribution in [2.24, 2.45) is 5.92 Å². The number of aryl methyl sites for hydroxylation is 1. The highest BCUT2D eigenvalue weighted by Gasteiger charge is 2.24. The fourth-order valence-corrected chi connectivity index (χ4v) is 2.99. The average molecular weight is 281 g/mol. The smallest absolute Gasteiger partial charge is 0.152 e. The van der Waals surface area contributed by atoms with Crippen LogP contribution >= 0.6 is 0 Å². The molecule has 0 aliphatic heterocycles. The molecule has 0 amide bonds. The minimum Gasteiger partial charge on any atom is -0.337 e. The molecule has 2 unspecified atom stereocenters. The van der Waals surface area contributed by atoms with Gasteiger partial charge in [-0.15, -0.1) is 0 Å². The Morgan fingerprint density at radius 1 is 1.38 bits per heavy atom. The summed E-state index contributed by atoms with van der Waals surface area (Å²) in [5.41, 5.74) is 3.32. The molecule has 2 aromatic heterocycles. The largest absolute Gasteiger partial charge is 0.337 e. The third-order valence-corrected chi connectivity index (χ3v) is 4.20. The lowest BCUT2D eigenvalue weighted by Crippen LogP contribution is -1.97. The molecule has 5 heteroatoms. The molecular formula is C16H19N5. The molecule has 3 rings (SSSR count). The summed E-state index contributed by atoms with van der Waals surface area (Å²) in [4.78, 5) is 4.22. The van der Waals surface area contributed by atoms with Crippen molar-refractivity contribution in [3.05, 3.63) is 35.3 Å². The number of nitrogens with one attached hydrogen (secondary N) is 2. The van der Waals surface area contributed by atoms with Crippen LogP contribution in [0.2, 0.25) is 0 Å². The first-order chi connectivity index (χ1) is 10.2. The second kappa shape index (κ2) is 5.57. The average Bonchev–Trinajstić information content (AvgIpc) is 3.10. The van der Waals surface area contributed by atoms with Crippen LogP contribution in [0.4, 0.5) is 11.5 Å². The van der Waals surface area contributed by atoms with Crippen molar-refractivity contribution in [3.8, 4) is 6.07 Å². The van der Waals surface area contributed by atoms with Crippen LogP contribution in [0.5, 0.6) is 0 Å². The summed E-state index contributed by atoms with van der Waals surface area (Å²) in [5.74, 6) is 2.21. The fourth-order valence-electron chi connectivity index (χ4n) is 2.99. The molecule has 0 radical (unpaired) electrons. The van der Waals surface area contributed by atoms with Crippen molar-refractivity contribution in [1.29, 1.82) is 5.26 Å². The third-order valence-electron chi connectivity index (χ3n) is 4.20. The molecule has 1 aliphatic rings. The maximum absolute atomic E-state index is 8.84. The quantitative estimate of drug-likeness (QED) is 0.900. The van der Waals surface area contributed by atoms with E-state index in [4.69, 9.17) is 5.26 Å². The van der Waals surface area contributed by atoms with Gasteiger partial charge in [0.15, 0.2) is 5.82 Å². The zero-order valence-electron chi connectivity index (χ0n) is 12.3. The number of nitrogens with zero attached hydrogens (tertiary/aromatic N) is 3. The Kier molecular flexibility index (Phi) is 3.61.